The van der Waals surface area contributed by atoms with Gasteiger partial charge in [0.05, 0.1) is 6.07 Å². The normalized spacial score (nSPS) is 18.7. The molecule has 0 spiro atoms. The number of ether oxygens (including phenoxy) is 1. The standard InChI is InChI=1S/C12H18N2O4/c1-17-12(13-7-3-2-4-8-13)9-10-5-6-11(18-10)14(15)16/h5-6,12H,2-4,7-9H2,1H3. The lowest BCUT2D eigenvalue weighted by molar-refractivity contribution is -0.402. The summed E-state index contributed by atoms with van der Waals surface area (Å²) < 4.78 is 10.6. The zero-order valence-electron chi connectivity index (χ0n) is 10.5. The molecule has 1 unspecified atom stereocenters. The van der Waals surface area contributed by atoms with Gasteiger partial charge in [0.1, 0.15) is 16.9 Å². The Hall–Kier alpha value is -1.40. The zero-order chi connectivity index (χ0) is 13.0. The van der Waals surface area contributed by atoms with Gasteiger partial charge in [0.2, 0.25) is 0 Å². The summed E-state index contributed by atoms with van der Waals surface area (Å²) in [6.07, 6.45) is 4.11. The van der Waals surface area contributed by atoms with Crippen LogP contribution in [-0.2, 0) is 11.2 Å². The lowest BCUT2D eigenvalue weighted by Gasteiger charge is -2.32. The second-order valence-electron chi connectivity index (χ2n) is 4.49. The highest BCUT2D eigenvalue weighted by Crippen LogP contribution is 2.20. The fourth-order valence-corrected chi connectivity index (χ4v) is 2.31. The third-order valence-electron chi connectivity index (χ3n) is 3.27. The van der Waals surface area contributed by atoms with Gasteiger partial charge < -0.3 is 9.15 Å². The average molecular weight is 254 g/mol. The number of nitro groups is 1. The third kappa shape index (κ3) is 3.08. The Morgan fingerprint density at radius 2 is 2.17 bits per heavy atom. The number of nitrogens with zero attached hydrogens (tertiary/aromatic N) is 2. The van der Waals surface area contributed by atoms with Crippen LogP contribution in [0.2, 0.25) is 0 Å². The molecule has 1 aliphatic rings. The van der Waals surface area contributed by atoms with E-state index in [0.29, 0.717) is 12.2 Å². The van der Waals surface area contributed by atoms with Gasteiger partial charge in [0.25, 0.3) is 0 Å². The molecule has 0 amide bonds. The van der Waals surface area contributed by atoms with Gasteiger partial charge in [0.15, 0.2) is 0 Å². The highest BCUT2D eigenvalue weighted by molar-refractivity contribution is 5.18. The minimum absolute atomic E-state index is 0.0592. The molecule has 0 aliphatic carbocycles. The summed E-state index contributed by atoms with van der Waals surface area (Å²) in [5.41, 5.74) is 0. The van der Waals surface area contributed by atoms with Crippen LogP contribution in [0.3, 0.4) is 0 Å². The van der Waals surface area contributed by atoms with Gasteiger partial charge in [-0.05, 0) is 18.9 Å². The van der Waals surface area contributed by atoms with E-state index >= 15 is 0 Å². The predicted molar refractivity (Wildman–Crippen MR) is 65.3 cm³/mol. The molecule has 0 saturated carbocycles. The van der Waals surface area contributed by atoms with Crippen LogP contribution >= 0.6 is 0 Å². The van der Waals surface area contributed by atoms with Crippen molar-refractivity contribution in [1.82, 2.24) is 4.90 Å². The molecular formula is C12H18N2O4. The summed E-state index contributed by atoms with van der Waals surface area (Å²) in [6, 6.07) is 3.03. The molecule has 1 atom stereocenters. The first kappa shape index (κ1) is 13.0. The number of hydrogen-bond acceptors (Lipinski definition) is 5. The van der Waals surface area contributed by atoms with E-state index in [4.69, 9.17) is 9.15 Å². The lowest BCUT2D eigenvalue weighted by atomic mass is 10.1. The van der Waals surface area contributed by atoms with Crippen molar-refractivity contribution >= 4 is 5.88 Å². The molecular weight excluding hydrogens is 236 g/mol. The average Bonchev–Trinajstić information content (AvgIpc) is 2.86. The first-order chi connectivity index (χ1) is 8.70. The number of hydrogen-bond donors (Lipinski definition) is 0. The van der Waals surface area contributed by atoms with Crippen molar-refractivity contribution in [2.24, 2.45) is 0 Å². The molecule has 2 heterocycles. The molecule has 0 bridgehead atoms. The van der Waals surface area contributed by atoms with Crippen molar-refractivity contribution in [2.75, 3.05) is 20.2 Å². The van der Waals surface area contributed by atoms with Gasteiger partial charge in [0, 0.05) is 26.6 Å². The van der Waals surface area contributed by atoms with Crippen LogP contribution in [0.4, 0.5) is 5.88 Å². The summed E-state index contributed by atoms with van der Waals surface area (Å²) in [5.74, 6) is 0.387. The monoisotopic (exact) mass is 254 g/mol. The van der Waals surface area contributed by atoms with E-state index in [2.05, 4.69) is 4.90 Å². The first-order valence-corrected chi connectivity index (χ1v) is 6.20. The Morgan fingerprint density at radius 3 is 2.72 bits per heavy atom. The maximum absolute atomic E-state index is 10.5. The SMILES string of the molecule is COC(Cc1ccc([N+](=O)[O-])o1)N1CCCCC1. The third-order valence-corrected chi connectivity index (χ3v) is 3.27. The molecule has 0 aromatic carbocycles. The molecule has 1 fully saturated rings. The summed E-state index contributed by atoms with van der Waals surface area (Å²) in [4.78, 5) is 12.3. The van der Waals surface area contributed by atoms with Crippen LogP contribution < -0.4 is 0 Å². The van der Waals surface area contributed by atoms with Gasteiger partial charge in [-0.15, -0.1) is 0 Å². The van der Waals surface area contributed by atoms with E-state index in [9.17, 15) is 10.1 Å². The van der Waals surface area contributed by atoms with E-state index in [1.807, 2.05) is 0 Å². The Balaban J connectivity index is 1.97. The largest absolute Gasteiger partial charge is 0.433 e. The molecule has 18 heavy (non-hydrogen) atoms. The van der Waals surface area contributed by atoms with Crippen LogP contribution in [0, 0.1) is 10.1 Å². The Bertz CT molecular complexity index is 399. The van der Waals surface area contributed by atoms with Gasteiger partial charge in [-0.25, -0.2) is 0 Å². The molecule has 100 valence electrons. The molecule has 1 aromatic heterocycles. The molecule has 2 rings (SSSR count). The van der Waals surface area contributed by atoms with Crippen molar-refractivity contribution in [3.8, 4) is 0 Å². The summed E-state index contributed by atoms with van der Waals surface area (Å²) >= 11 is 0. The van der Waals surface area contributed by atoms with Gasteiger partial charge in [-0.1, -0.05) is 6.42 Å². The number of methoxy groups -OCH3 is 1. The number of piperidine rings is 1. The van der Waals surface area contributed by atoms with Gasteiger partial charge >= 0.3 is 5.88 Å². The van der Waals surface area contributed by atoms with Crippen molar-refractivity contribution in [3.63, 3.8) is 0 Å². The first-order valence-electron chi connectivity index (χ1n) is 6.20. The quantitative estimate of drug-likeness (QED) is 0.595. The molecule has 1 aliphatic heterocycles. The number of likely N-dealkylation sites (tertiary alicyclic amines) is 1. The van der Waals surface area contributed by atoms with Crippen LogP contribution in [0.5, 0.6) is 0 Å². The molecule has 6 heteroatoms. The minimum Gasteiger partial charge on any atom is -0.406 e. The van der Waals surface area contributed by atoms with Crippen molar-refractivity contribution < 1.29 is 14.1 Å². The van der Waals surface area contributed by atoms with E-state index < -0.39 is 4.92 Å². The zero-order valence-corrected chi connectivity index (χ0v) is 10.5. The summed E-state index contributed by atoms with van der Waals surface area (Å²) in [6.45, 7) is 2.03. The lowest BCUT2D eigenvalue weighted by Crippen LogP contribution is -2.41. The van der Waals surface area contributed by atoms with Crippen LogP contribution in [-0.4, -0.2) is 36.3 Å². The van der Waals surface area contributed by atoms with E-state index in [0.717, 1.165) is 13.1 Å². The van der Waals surface area contributed by atoms with Crippen LogP contribution in [0.25, 0.3) is 0 Å². The second kappa shape index (κ2) is 5.97. The Morgan fingerprint density at radius 1 is 1.44 bits per heavy atom. The molecule has 1 saturated heterocycles. The van der Waals surface area contributed by atoms with Gasteiger partial charge in [-0.3, -0.25) is 15.0 Å². The highest BCUT2D eigenvalue weighted by atomic mass is 16.6. The Kier molecular flexibility index (Phi) is 4.33. The van der Waals surface area contributed by atoms with Crippen molar-refractivity contribution in [3.05, 3.63) is 28.0 Å². The smallest absolute Gasteiger partial charge is 0.406 e. The second-order valence-corrected chi connectivity index (χ2v) is 4.49. The molecule has 6 nitrogen and oxygen atoms in total. The highest BCUT2D eigenvalue weighted by Gasteiger charge is 2.22. The maximum Gasteiger partial charge on any atom is 0.433 e. The molecule has 1 aromatic rings. The maximum atomic E-state index is 10.5. The minimum atomic E-state index is -0.522. The molecule has 0 N–H and O–H groups in total. The fourth-order valence-electron chi connectivity index (χ4n) is 2.31. The number of furan rings is 1. The topological polar surface area (TPSA) is 68.8 Å². The van der Waals surface area contributed by atoms with E-state index in [-0.39, 0.29) is 12.1 Å². The molecule has 0 radical (unpaired) electrons. The van der Waals surface area contributed by atoms with E-state index in [1.54, 1.807) is 13.2 Å². The van der Waals surface area contributed by atoms with Crippen molar-refractivity contribution in [2.45, 2.75) is 31.9 Å². The predicted octanol–water partition coefficient (Wildman–Crippen LogP) is 2.19. The van der Waals surface area contributed by atoms with Crippen LogP contribution in [0.15, 0.2) is 16.5 Å². The summed E-state index contributed by atoms with van der Waals surface area (Å²) in [7, 11) is 1.66. The van der Waals surface area contributed by atoms with Gasteiger partial charge in [-0.2, -0.15) is 0 Å². The Labute approximate surface area is 106 Å². The fraction of sp³-hybridized carbons (Fsp3) is 0.667. The number of rotatable bonds is 5. The van der Waals surface area contributed by atoms with Crippen molar-refractivity contribution in [1.29, 1.82) is 0 Å². The summed E-state index contributed by atoms with van der Waals surface area (Å²) in [5, 5.41) is 10.5. The van der Waals surface area contributed by atoms with Crippen LogP contribution in [0.1, 0.15) is 25.0 Å². The van der Waals surface area contributed by atoms with E-state index in [1.165, 1.54) is 25.3 Å².